The molecule has 1 amide bonds. The fourth-order valence-corrected chi connectivity index (χ4v) is 3.13. The Balaban J connectivity index is 1.54. The molecular formula is C24H25ClN2O2. The fraction of sp³-hybridized carbons (Fsp3) is 0.208. The van der Waals surface area contributed by atoms with E-state index in [0.717, 1.165) is 22.5 Å². The Labute approximate surface area is 176 Å². The topological polar surface area (TPSA) is 50.4 Å². The Morgan fingerprint density at radius 1 is 0.931 bits per heavy atom. The summed E-state index contributed by atoms with van der Waals surface area (Å²) in [6.07, 6.45) is 0. The van der Waals surface area contributed by atoms with Crippen molar-refractivity contribution in [3.05, 3.63) is 87.9 Å². The van der Waals surface area contributed by atoms with E-state index in [1.165, 1.54) is 11.1 Å². The lowest BCUT2D eigenvalue weighted by Crippen LogP contribution is -2.20. The van der Waals surface area contributed by atoms with Gasteiger partial charge in [-0.05, 0) is 73.4 Å². The molecule has 0 aliphatic heterocycles. The van der Waals surface area contributed by atoms with Crippen LogP contribution in [0.1, 0.15) is 22.3 Å². The number of benzene rings is 3. The first-order valence-corrected chi connectivity index (χ1v) is 9.88. The second kappa shape index (κ2) is 9.48. The number of aryl methyl sites for hydroxylation is 3. The second-order valence-electron chi connectivity index (χ2n) is 7.07. The van der Waals surface area contributed by atoms with Crippen molar-refractivity contribution < 1.29 is 9.53 Å². The maximum absolute atomic E-state index is 12.1. The molecule has 0 fully saturated rings. The molecule has 0 atom stereocenters. The van der Waals surface area contributed by atoms with Crippen LogP contribution in [0.15, 0.2) is 60.7 Å². The number of anilines is 2. The van der Waals surface area contributed by atoms with Crippen LogP contribution in [0.5, 0.6) is 5.75 Å². The smallest absolute Gasteiger partial charge is 0.262 e. The third-order valence-corrected chi connectivity index (χ3v) is 5.07. The molecular weight excluding hydrogens is 384 g/mol. The van der Waals surface area contributed by atoms with E-state index in [0.29, 0.717) is 17.3 Å². The number of para-hydroxylation sites is 1. The third-order valence-electron chi connectivity index (χ3n) is 4.78. The van der Waals surface area contributed by atoms with E-state index in [2.05, 4.69) is 42.7 Å². The summed E-state index contributed by atoms with van der Waals surface area (Å²) in [4.78, 5) is 12.1. The van der Waals surface area contributed by atoms with Gasteiger partial charge < -0.3 is 15.4 Å². The Morgan fingerprint density at radius 3 is 2.45 bits per heavy atom. The number of carbonyl (C=O) groups excluding carboxylic acids is 1. The minimum absolute atomic E-state index is 0.103. The van der Waals surface area contributed by atoms with Crippen LogP contribution in [0.2, 0.25) is 5.02 Å². The summed E-state index contributed by atoms with van der Waals surface area (Å²) < 4.78 is 5.59. The molecule has 2 N–H and O–H groups in total. The zero-order valence-corrected chi connectivity index (χ0v) is 17.6. The number of hydrogen-bond donors (Lipinski definition) is 2. The van der Waals surface area contributed by atoms with Crippen molar-refractivity contribution in [1.82, 2.24) is 0 Å². The fourth-order valence-electron chi connectivity index (χ4n) is 2.87. The van der Waals surface area contributed by atoms with Crippen LogP contribution in [0.25, 0.3) is 0 Å². The average molecular weight is 409 g/mol. The average Bonchev–Trinajstić information content (AvgIpc) is 2.70. The van der Waals surface area contributed by atoms with E-state index in [1.54, 1.807) is 6.07 Å². The summed E-state index contributed by atoms with van der Waals surface area (Å²) in [6.45, 7) is 6.68. The van der Waals surface area contributed by atoms with Gasteiger partial charge in [0, 0.05) is 17.9 Å². The molecule has 0 aliphatic carbocycles. The van der Waals surface area contributed by atoms with Crippen LogP contribution in [0.4, 0.5) is 11.4 Å². The van der Waals surface area contributed by atoms with Crippen LogP contribution < -0.4 is 15.4 Å². The number of halogens is 1. The predicted molar refractivity (Wildman–Crippen MR) is 120 cm³/mol. The summed E-state index contributed by atoms with van der Waals surface area (Å²) in [7, 11) is 0. The van der Waals surface area contributed by atoms with Crippen molar-refractivity contribution >= 4 is 28.9 Å². The molecule has 0 aliphatic rings. The van der Waals surface area contributed by atoms with E-state index in [4.69, 9.17) is 16.3 Å². The van der Waals surface area contributed by atoms with Gasteiger partial charge in [-0.3, -0.25) is 4.79 Å². The van der Waals surface area contributed by atoms with Crippen LogP contribution in [0, 0.1) is 20.8 Å². The van der Waals surface area contributed by atoms with Crippen molar-refractivity contribution in [2.45, 2.75) is 27.3 Å². The number of amides is 1. The molecule has 0 bridgehead atoms. The van der Waals surface area contributed by atoms with E-state index in [-0.39, 0.29) is 12.5 Å². The summed E-state index contributed by atoms with van der Waals surface area (Å²) in [5.41, 5.74) is 6.40. The van der Waals surface area contributed by atoms with Crippen LogP contribution in [-0.4, -0.2) is 12.5 Å². The van der Waals surface area contributed by atoms with Gasteiger partial charge in [-0.25, -0.2) is 0 Å². The number of nitrogens with one attached hydrogen (secondary N) is 2. The van der Waals surface area contributed by atoms with Crippen molar-refractivity contribution in [2.24, 2.45) is 0 Å². The van der Waals surface area contributed by atoms with Gasteiger partial charge in [-0.1, -0.05) is 41.9 Å². The Hall–Kier alpha value is -2.98. The lowest BCUT2D eigenvalue weighted by Gasteiger charge is -2.12. The molecule has 0 saturated heterocycles. The van der Waals surface area contributed by atoms with E-state index < -0.39 is 0 Å². The zero-order chi connectivity index (χ0) is 20.8. The molecule has 0 heterocycles. The van der Waals surface area contributed by atoms with Gasteiger partial charge in [-0.2, -0.15) is 0 Å². The summed E-state index contributed by atoms with van der Waals surface area (Å²) >= 11 is 6.34. The molecule has 3 aromatic rings. The second-order valence-corrected chi connectivity index (χ2v) is 7.48. The first-order chi connectivity index (χ1) is 13.9. The van der Waals surface area contributed by atoms with Crippen molar-refractivity contribution in [1.29, 1.82) is 0 Å². The maximum Gasteiger partial charge on any atom is 0.262 e. The molecule has 0 spiro atoms. The van der Waals surface area contributed by atoms with Crippen LogP contribution in [-0.2, 0) is 11.3 Å². The standard InChI is InChI=1S/C24H25ClN2O2/c1-16-8-10-20(12-18(16)3)26-14-19-9-11-23(21(25)13-19)29-15-24(28)27-22-7-5-4-6-17(22)2/h4-13,26H,14-15H2,1-3H3,(H,27,28). The van der Waals surface area contributed by atoms with Gasteiger partial charge in [0.25, 0.3) is 5.91 Å². The molecule has 3 aromatic carbocycles. The Morgan fingerprint density at radius 2 is 1.72 bits per heavy atom. The molecule has 0 saturated carbocycles. The zero-order valence-electron chi connectivity index (χ0n) is 16.9. The number of hydrogen-bond acceptors (Lipinski definition) is 3. The first-order valence-electron chi connectivity index (χ1n) is 9.50. The van der Waals surface area contributed by atoms with Gasteiger partial charge in [0.15, 0.2) is 6.61 Å². The van der Waals surface area contributed by atoms with E-state index in [1.807, 2.05) is 43.3 Å². The minimum Gasteiger partial charge on any atom is -0.482 e. The monoisotopic (exact) mass is 408 g/mol. The Kier molecular flexibility index (Phi) is 6.78. The molecule has 29 heavy (non-hydrogen) atoms. The highest BCUT2D eigenvalue weighted by Gasteiger charge is 2.08. The van der Waals surface area contributed by atoms with Gasteiger partial charge in [0.2, 0.25) is 0 Å². The quantitative estimate of drug-likeness (QED) is 0.512. The number of rotatable bonds is 7. The lowest BCUT2D eigenvalue weighted by molar-refractivity contribution is -0.118. The molecule has 0 radical (unpaired) electrons. The lowest BCUT2D eigenvalue weighted by atomic mass is 10.1. The molecule has 5 heteroatoms. The number of ether oxygens (including phenoxy) is 1. The third kappa shape index (κ3) is 5.75. The van der Waals surface area contributed by atoms with Crippen LogP contribution in [0.3, 0.4) is 0 Å². The van der Waals surface area contributed by atoms with Crippen LogP contribution >= 0.6 is 11.6 Å². The van der Waals surface area contributed by atoms with E-state index >= 15 is 0 Å². The molecule has 3 rings (SSSR count). The summed E-state index contributed by atoms with van der Waals surface area (Å²) in [6, 6.07) is 19.5. The summed E-state index contributed by atoms with van der Waals surface area (Å²) in [5.74, 6) is 0.261. The van der Waals surface area contributed by atoms with Crippen molar-refractivity contribution in [3.63, 3.8) is 0 Å². The van der Waals surface area contributed by atoms with Crippen molar-refractivity contribution in [2.75, 3.05) is 17.2 Å². The Bertz CT molecular complexity index is 1020. The highest BCUT2D eigenvalue weighted by Crippen LogP contribution is 2.26. The van der Waals surface area contributed by atoms with Crippen molar-refractivity contribution in [3.8, 4) is 5.75 Å². The van der Waals surface area contributed by atoms with Gasteiger partial charge >= 0.3 is 0 Å². The molecule has 4 nitrogen and oxygen atoms in total. The van der Waals surface area contributed by atoms with E-state index in [9.17, 15) is 4.79 Å². The number of carbonyl (C=O) groups is 1. The van der Waals surface area contributed by atoms with Gasteiger partial charge in [0.05, 0.1) is 5.02 Å². The SMILES string of the molecule is Cc1ccc(NCc2ccc(OCC(=O)Nc3ccccc3C)c(Cl)c2)cc1C. The molecule has 0 aromatic heterocycles. The first kappa shape index (κ1) is 20.7. The highest BCUT2D eigenvalue weighted by atomic mass is 35.5. The summed E-state index contributed by atoms with van der Waals surface area (Å²) in [5, 5.41) is 6.72. The highest BCUT2D eigenvalue weighted by molar-refractivity contribution is 6.32. The predicted octanol–water partition coefficient (Wildman–Crippen LogP) is 5.89. The molecule has 150 valence electrons. The maximum atomic E-state index is 12.1. The largest absolute Gasteiger partial charge is 0.482 e. The minimum atomic E-state index is -0.226. The normalized spacial score (nSPS) is 10.5. The molecule has 0 unspecified atom stereocenters. The van der Waals surface area contributed by atoms with Gasteiger partial charge in [0.1, 0.15) is 5.75 Å². The van der Waals surface area contributed by atoms with Gasteiger partial charge in [-0.15, -0.1) is 0 Å².